The smallest absolute Gasteiger partial charge is 0.279 e. The molecule has 0 saturated heterocycles. The van der Waals surface area contributed by atoms with E-state index in [0.717, 1.165) is 5.52 Å². The number of fused-ring (bicyclic) bond motifs is 1. The molecule has 0 spiro atoms. The van der Waals surface area contributed by atoms with E-state index >= 15 is 0 Å². The van der Waals surface area contributed by atoms with Crippen molar-refractivity contribution in [3.05, 3.63) is 62.9 Å². The highest BCUT2D eigenvalue weighted by Gasteiger charge is 2.08. The summed E-state index contributed by atoms with van der Waals surface area (Å²) in [5.41, 5.74) is 1.34. The average Bonchev–Trinajstić information content (AvgIpc) is 2.71. The van der Waals surface area contributed by atoms with Crippen molar-refractivity contribution in [2.24, 2.45) is 0 Å². The van der Waals surface area contributed by atoms with Gasteiger partial charge in [-0.15, -0.1) is 0 Å². The molecule has 90 valence electrons. The van der Waals surface area contributed by atoms with E-state index in [1.807, 2.05) is 18.2 Å². The lowest BCUT2D eigenvalue weighted by Crippen LogP contribution is -2.14. The van der Waals surface area contributed by atoms with Gasteiger partial charge in [0, 0.05) is 0 Å². The van der Waals surface area contributed by atoms with Crippen LogP contribution in [0.15, 0.2) is 47.3 Å². The second-order valence-electron chi connectivity index (χ2n) is 3.90. The minimum atomic E-state index is -0.107. The first kappa shape index (κ1) is 11.4. The molecule has 18 heavy (non-hydrogen) atoms. The average molecular weight is 279 g/mol. The molecule has 3 aromatic rings. The Morgan fingerprint density at radius 3 is 2.50 bits per heavy atom. The Morgan fingerprint density at radius 1 is 1.00 bits per heavy atom. The zero-order valence-corrected chi connectivity index (χ0v) is 10.7. The monoisotopic (exact) mass is 278 g/mol. The van der Waals surface area contributed by atoms with E-state index in [2.05, 4.69) is 5.10 Å². The largest absolute Gasteiger partial charge is 0.290 e. The Morgan fingerprint density at radius 2 is 1.78 bits per heavy atom. The lowest BCUT2D eigenvalue weighted by molar-refractivity contribution is 0.864. The van der Waals surface area contributed by atoms with Gasteiger partial charge >= 0.3 is 0 Å². The van der Waals surface area contributed by atoms with Gasteiger partial charge in [-0.25, -0.2) is 4.68 Å². The molecule has 2 aromatic carbocycles. The zero-order valence-electron chi connectivity index (χ0n) is 9.15. The van der Waals surface area contributed by atoms with E-state index in [1.54, 1.807) is 24.3 Å². The third kappa shape index (κ3) is 1.72. The first-order chi connectivity index (χ1) is 8.66. The van der Waals surface area contributed by atoms with Crippen LogP contribution in [0.5, 0.6) is 0 Å². The Balaban J connectivity index is 2.28. The third-order valence-corrected chi connectivity index (χ3v) is 3.49. The summed E-state index contributed by atoms with van der Waals surface area (Å²) in [5.74, 6) is 0. The number of hydrogen-bond donors (Lipinski definition) is 1. The Kier molecular flexibility index (Phi) is 2.65. The van der Waals surface area contributed by atoms with Gasteiger partial charge in [0.05, 0.1) is 26.6 Å². The normalized spacial score (nSPS) is 11.0. The number of aromatic amines is 1. The lowest BCUT2D eigenvalue weighted by atomic mass is 10.2. The number of benzene rings is 2. The number of nitrogens with one attached hydrogen (secondary N) is 1. The zero-order chi connectivity index (χ0) is 12.7. The summed E-state index contributed by atoms with van der Waals surface area (Å²) in [6.07, 6.45) is 0. The van der Waals surface area contributed by atoms with Gasteiger partial charge in [0.15, 0.2) is 0 Å². The van der Waals surface area contributed by atoms with Crippen molar-refractivity contribution in [1.29, 1.82) is 0 Å². The van der Waals surface area contributed by atoms with Gasteiger partial charge in [-0.05, 0) is 30.3 Å². The highest BCUT2D eigenvalue weighted by molar-refractivity contribution is 6.42. The van der Waals surface area contributed by atoms with Crippen molar-refractivity contribution in [3.8, 4) is 5.69 Å². The van der Waals surface area contributed by atoms with E-state index in [1.165, 1.54) is 4.68 Å². The van der Waals surface area contributed by atoms with E-state index in [4.69, 9.17) is 23.2 Å². The molecule has 3 nitrogen and oxygen atoms in total. The highest BCUT2D eigenvalue weighted by Crippen LogP contribution is 2.24. The van der Waals surface area contributed by atoms with Gasteiger partial charge in [0.1, 0.15) is 0 Å². The van der Waals surface area contributed by atoms with Crippen LogP contribution in [0.1, 0.15) is 0 Å². The van der Waals surface area contributed by atoms with Crippen LogP contribution in [0.25, 0.3) is 16.6 Å². The van der Waals surface area contributed by atoms with Crippen molar-refractivity contribution in [1.82, 2.24) is 9.78 Å². The quantitative estimate of drug-likeness (QED) is 0.725. The standard InChI is InChI=1S/C13H8Cl2N2O/c14-10-6-5-8(7-11(10)15)17-13(18)9-3-1-2-4-12(9)16-17/h1-7,16H. The highest BCUT2D eigenvalue weighted by atomic mass is 35.5. The van der Waals surface area contributed by atoms with Crippen LogP contribution < -0.4 is 5.56 Å². The molecule has 0 atom stereocenters. The summed E-state index contributed by atoms with van der Waals surface area (Å²) in [6.45, 7) is 0. The van der Waals surface area contributed by atoms with Crippen molar-refractivity contribution in [2.45, 2.75) is 0 Å². The summed E-state index contributed by atoms with van der Waals surface area (Å²) in [4.78, 5) is 12.2. The molecule has 0 saturated carbocycles. The molecule has 0 bridgehead atoms. The lowest BCUT2D eigenvalue weighted by Gasteiger charge is -2.02. The Labute approximate surface area is 113 Å². The van der Waals surface area contributed by atoms with Crippen LogP contribution in [0.2, 0.25) is 10.0 Å². The molecule has 0 radical (unpaired) electrons. The van der Waals surface area contributed by atoms with Crippen LogP contribution in [0.4, 0.5) is 0 Å². The molecule has 1 N–H and O–H groups in total. The van der Waals surface area contributed by atoms with Gasteiger partial charge in [-0.3, -0.25) is 9.89 Å². The number of rotatable bonds is 1. The van der Waals surface area contributed by atoms with Crippen molar-refractivity contribution >= 4 is 34.1 Å². The van der Waals surface area contributed by atoms with Gasteiger partial charge in [-0.2, -0.15) is 0 Å². The molecule has 0 fully saturated rings. The second-order valence-corrected chi connectivity index (χ2v) is 4.71. The number of H-pyrrole nitrogens is 1. The van der Waals surface area contributed by atoms with Crippen LogP contribution >= 0.6 is 23.2 Å². The minimum Gasteiger partial charge on any atom is -0.290 e. The maximum Gasteiger partial charge on any atom is 0.279 e. The topological polar surface area (TPSA) is 37.8 Å². The first-order valence-electron chi connectivity index (χ1n) is 5.32. The van der Waals surface area contributed by atoms with Crippen LogP contribution in [0.3, 0.4) is 0 Å². The number of hydrogen-bond acceptors (Lipinski definition) is 1. The molecular weight excluding hydrogens is 271 g/mol. The molecule has 0 amide bonds. The Bertz CT molecular complexity index is 789. The number of nitrogens with zero attached hydrogens (tertiary/aromatic N) is 1. The molecule has 0 unspecified atom stereocenters. The maximum absolute atomic E-state index is 12.2. The van der Waals surface area contributed by atoms with Gasteiger partial charge in [0.25, 0.3) is 5.56 Å². The SMILES string of the molecule is O=c1c2ccccc2[nH]n1-c1ccc(Cl)c(Cl)c1. The third-order valence-electron chi connectivity index (χ3n) is 2.75. The first-order valence-corrected chi connectivity index (χ1v) is 6.07. The number of halogens is 2. The molecular formula is C13H8Cl2N2O. The molecule has 0 aliphatic rings. The van der Waals surface area contributed by atoms with Crippen LogP contribution in [-0.2, 0) is 0 Å². The van der Waals surface area contributed by atoms with E-state index in [-0.39, 0.29) is 5.56 Å². The number of aromatic nitrogens is 2. The van der Waals surface area contributed by atoms with Crippen molar-refractivity contribution in [2.75, 3.05) is 0 Å². The molecule has 1 aromatic heterocycles. The fourth-order valence-corrected chi connectivity index (χ4v) is 2.16. The minimum absolute atomic E-state index is 0.107. The summed E-state index contributed by atoms with van der Waals surface area (Å²) in [7, 11) is 0. The second kappa shape index (κ2) is 4.19. The molecule has 3 rings (SSSR count). The fourth-order valence-electron chi connectivity index (χ4n) is 1.86. The van der Waals surface area contributed by atoms with Crippen molar-refractivity contribution in [3.63, 3.8) is 0 Å². The Hall–Kier alpha value is -1.71. The van der Waals surface area contributed by atoms with Crippen LogP contribution in [0, 0.1) is 0 Å². The van der Waals surface area contributed by atoms with Gasteiger partial charge < -0.3 is 0 Å². The maximum atomic E-state index is 12.2. The van der Waals surface area contributed by atoms with E-state index in [9.17, 15) is 4.79 Å². The predicted octanol–water partition coefficient (Wildman–Crippen LogP) is 3.63. The van der Waals surface area contributed by atoms with Crippen molar-refractivity contribution < 1.29 is 0 Å². The molecule has 0 aliphatic heterocycles. The summed E-state index contributed by atoms with van der Waals surface area (Å²) in [6, 6.07) is 12.4. The molecule has 5 heteroatoms. The predicted molar refractivity (Wildman–Crippen MR) is 73.9 cm³/mol. The molecule has 1 heterocycles. The summed E-state index contributed by atoms with van der Waals surface area (Å²) < 4.78 is 1.45. The van der Waals surface area contributed by atoms with E-state index in [0.29, 0.717) is 21.1 Å². The summed E-state index contributed by atoms with van der Waals surface area (Å²) >= 11 is 11.8. The summed E-state index contributed by atoms with van der Waals surface area (Å²) in [5, 5.41) is 4.55. The fraction of sp³-hybridized carbons (Fsp3) is 0. The van der Waals surface area contributed by atoms with Gasteiger partial charge in [-0.1, -0.05) is 35.3 Å². The van der Waals surface area contributed by atoms with Crippen LogP contribution in [-0.4, -0.2) is 9.78 Å². The number of para-hydroxylation sites is 1. The van der Waals surface area contributed by atoms with Gasteiger partial charge in [0.2, 0.25) is 0 Å². The molecule has 0 aliphatic carbocycles. The van der Waals surface area contributed by atoms with E-state index < -0.39 is 0 Å².